The highest BCUT2D eigenvalue weighted by Crippen LogP contribution is 2.55. The van der Waals surface area contributed by atoms with E-state index in [9.17, 15) is 4.79 Å². The Morgan fingerprint density at radius 2 is 2.05 bits per heavy atom. The van der Waals surface area contributed by atoms with Crippen LogP contribution in [0.25, 0.3) is 0 Å². The largest absolute Gasteiger partial charge is 0.481 e. The Kier molecular flexibility index (Phi) is 7.51. The van der Waals surface area contributed by atoms with E-state index < -0.39 is 5.97 Å². The van der Waals surface area contributed by atoms with Gasteiger partial charge in [0.1, 0.15) is 0 Å². The molecule has 2 aliphatic rings. The van der Waals surface area contributed by atoms with Crippen molar-refractivity contribution in [2.75, 3.05) is 11.5 Å². The molecule has 2 nitrogen and oxygen atoms in total. The molecule has 0 aliphatic carbocycles. The summed E-state index contributed by atoms with van der Waals surface area (Å²) in [6.45, 7) is 2.26. The summed E-state index contributed by atoms with van der Waals surface area (Å²) >= 11 is 4.39. The molecule has 0 aromatic heterocycles. The third kappa shape index (κ3) is 5.24. The lowest BCUT2D eigenvalue weighted by molar-refractivity contribution is -0.137. The Morgan fingerprint density at radius 3 is 2.76 bits per heavy atom. The highest BCUT2D eigenvalue weighted by atomic mass is 32.2. The molecule has 2 saturated heterocycles. The summed E-state index contributed by atoms with van der Waals surface area (Å²) in [6.07, 6.45) is 11.9. The summed E-state index contributed by atoms with van der Waals surface area (Å²) < 4.78 is 0. The van der Waals surface area contributed by atoms with E-state index in [2.05, 4.69) is 42.6 Å². The summed E-state index contributed by atoms with van der Waals surface area (Å²) in [6, 6.07) is 0. The van der Waals surface area contributed by atoms with Gasteiger partial charge in [-0.1, -0.05) is 19.1 Å². The van der Waals surface area contributed by atoms with Gasteiger partial charge in [0.15, 0.2) is 0 Å². The van der Waals surface area contributed by atoms with Crippen LogP contribution in [-0.4, -0.2) is 33.1 Å². The molecule has 0 saturated carbocycles. The van der Waals surface area contributed by atoms with Gasteiger partial charge in [-0.25, -0.2) is 0 Å². The topological polar surface area (TPSA) is 37.3 Å². The van der Waals surface area contributed by atoms with Crippen molar-refractivity contribution in [1.82, 2.24) is 0 Å². The Balaban J connectivity index is 1.72. The normalized spacial score (nSPS) is 31.3. The molecule has 21 heavy (non-hydrogen) atoms. The highest BCUT2D eigenvalue weighted by molar-refractivity contribution is 8.01. The molecule has 2 rings (SSSR count). The molecular formula is C17H28O2S2. The van der Waals surface area contributed by atoms with E-state index >= 15 is 0 Å². The molecule has 4 atom stereocenters. The number of carbonyl (C=O) groups is 1. The number of unbranched alkanes of at least 4 members (excludes halogenated alkanes) is 1. The highest BCUT2D eigenvalue weighted by Gasteiger charge is 2.47. The fourth-order valence-corrected chi connectivity index (χ4v) is 6.87. The minimum atomic E-state index is -0.680. The van der Waals surface area contributed by atoms with Gasteiger partial charge in [-0.2, -0.15) is 23.5 Å². The number of fused-ring (bicyclic) bond motifs is 2. The van der Waals surface area contributed by atoms with E-state index in [1.165, 1.54) is 37.2 Å². The maximum Gasteiger partial charge on any atom is 0.303 e. The smallest absolute Gasteiger partial charge is 0.303 e. The van der Waals surface area contributed by atoms with E-state index in [-0.39, 0.29) is 0 Å². The fraction of sp³-hybridized carbons (Fsp3) is 0.824. The molecule has 120 valence electrons. The van der Waals surface area contributed by atoms with Crippen LogP contribution in [0.1, 0.15) is 51.9 Å². The van der Waals surface area contributed by atoms with Gasteiger partial charge in [-0.15, -0.1) is 0 Å². The standard InChI is InChI=1S/C17H28O2S2/c1-2-11-20-12-14-13(15-9-10-16(14)21-15)7-5-3-4-6-8-17(18)19/h3,5,13-16H,2,4,6-12H2,1H3,(H,18,19)/t13-,14+,15-,16+/m1/s1. The first-order chi connectivity index (χ1) is 10.2. The van der Waals surface area contributed by atoms with E-state index in [1.807, 2.05) is 0 Å². The molecule has 0 aromatic rings. The third-order valence-corrected chi connectivity index (χ3v) is 7.77. The molecule has 2 bridgehead atoms. The Morgan fingerprint density at radius 1 is 1.29 bits per heavy atom. The lowest BCUT2D eigenvalue weighted by Gasteiger charge is -2.28. The van der Waals surface area contributed by atoms with Gasteiger partial charge in [0.2, 0.25) is 0 Å². The van der Waals surface area contributed by atoms with Crippen LogP contribution in [0.4, 0.5) is 0 Å². The first kappa shape index (κ1) is 17.3. The average Bonchev–Trinajstić information content (AvgIpc) is 3.04. The number of carboxylic acids is 1. The lowest BCUT2D eigenvalue weighted by Crippen LogP contribution is -2.28. The number of carboxylic acid groups (broad SMARTS) is 1. The number of thioether (sulfide) groups is 2. The summed E-state index contributed by atoms with van der Waals surface area (Å²) in [7, 11) is 0. The first-order valence-electron chi connectivity index (χ1n) is 8.32. The number of hydrogen-bond acceptors (Lipinski definition) is 3. The van der Waals surface area contributed by atoms with Crippen molar-refractivity contribution in [2.45, 2.75) is 62.4 Å². The van der Waals surface area contributed by atoms with Gasteiger partial charge in [-0.3, -0.25) is 4.79 Å². The molecule has 0 aromatic carbocycles. The van der Waals surface area contributed by atoms with Gasteiger partial charge in [-0.05, 0) is 61.9 Å². The predicted molar refractivity (Wildman–Crippen MR) is 94.2 cm³/mol. The molecule has 0 unspecified atom stereocenters. The van der Waals surface area contributed by atoms with Crippen LogP contribution in [0, 0.1) is 11.8 Å². The lowest BCUT2D eigenvalue weighted by atomic mass is 9.78. The van der Waals surface area contributed by atoms with Gasteiger partial charge in [0.05, 0.1) is 0 Å². The SMILES string of the molecule is CCCSC[C@H]1[C@@H](CC=CCCCC(=O)O)[C@H]2CC[C@@H]1S2. The molecule has 0 spiro atoms. The molecule has 2 fully saturated rings. The number of rotatable bonds is 10. The number of aliphatic carboxylic acids is 1. The van der Waals surface area contributed by atoms with Crippen molar-refractivity contribution in [3.8, 4) is 0 Å². The van der Waals surface area contributed by atoms with E-state index in [1.54, 1.807) is 0 Å². The summed E-state index contributed by atoms with van der Waals surface area (Å²) in [5.74, 6) is 3.75. The van der Waals surface area contributed by atoms with Crippen LogP contribution in [0.5, 0.6) is 0 Å². The zero-order valence-corrected chi connectivity index (χ0v) is 14.6. The van der Waals surface area contributed by atoms with Crippen LogP contribution in [0.3, 0.4) is 0 Å². The van der Waals surface area contributed by atoms with Crippen molar-refractivity contribution >= 4 is 29.5 Å². The van der Waals surface area contributed by atoms with E-state index in [0.717, 1.165) is 35.2 Å². The second kappa shape index (κ2) is 9.14. The molecule has 1 N–H and O–H groups in total. The monoisotopic (exact) mass is 328 g/mol. The summed E-state index contributed by atoms with van der Waals surface area (Å²) in [4.78, 5) is 10.5. The third-order valence-electron chi connectivity index (χ3n) is 4.59. The van der Waals surface area contributed by atoms with E-state index in [4.69, 9.17) is 5.11 Å². The maximum atomic E-state index is 10.5. The average molecular weight is 329 g/mol. The van der Waals surface area contributed by atoms with Crippen LogP contribution in [-0.2, 0) is 4.79 Å². The Hall–Kier alpha value is -0.0900. The second-order valence-electron chi connectivity index (χ2n) is 6.19. The van der Waals surface area contributed by atoms with Crippen LogP contribution in [0.15, 0.2) is 12.2 Å². The molecule has 2 heterocycles. The van der Waals surface area contributed by atoms with Gasteiger partial charge in [0.25, 0.3) is 0 Å². The quantitative estimate of drug-likeness (QED) is 0.460. The summed E-state index contributed by atoms with van der Waals surface area (Å²) in [5.41, 5.74) is 0. The Labute approximate surface area is 137 Å². The van der Waals surface area contributed by atoms with Crippen LogP contribution >= 0.6 is 23.5 Å². The molecule has 0 amide bonds. The zero-order chi connectivity index (χ0) is 15.1. The molecular weight excluding hydrogens is 300 g/mol. The minimum Gasteiger partial charge on any atom is -0.481 e. The molecule has 0 radical (unpaired) electrons. The van der Waals surface area contributed by atoms with Gasteiger partial charge in [0, 0.05) is 16.9 Å². The molecule has 2 aliphatic heterocycles. The van der Waals surface area contributed by atoms with Gasteiger partial charge < -0.3 is 5.11 Å². The van der Waals surface area contributed by atoms with Crippen molar-refractivity contribution in [3.05, 3.63) is 12.2 Å². The predicted octanol–water partition coefficient (Wildman–Crippen LogP) is 4.84. The van der Waals surface area contributed by atoms with Crippen LogP contribution in [0.2, 0.25) is 0 Å². The Bertz CT molecular complexity index is 357. The molecule has 4 heteroatoms. The first-order valence-corrected chi connectivity index (χ1v) is 10.4. The van der Waals surface area contributed by atoms with Crippen molar-refractivity contribution in [3.63, 3.8) is 0 Å². The number of allylic oxidation sites excluding steroid dienone is 2. The summed E-state index contributed by atoms with van der Waals surface area (Å²) in [5, 5.41) is 10.4. The van der Waals surface area contributed by atoms with Crippen molar-refractivity contribution in [2.24, 2.45) is 11.8 Å². The van der Waals surface area contributed by atoms with Crippen molar-refractivity contribution in [1.29, 1.82) is 0 Å². The van der Waals surface area contributed by atoms with E-state index in [0.29, 0.717) is 6.42 Å². The maximum absolute atomic E-state index is 10.5. The van der Waals surface area contributed by atoms with Crippen LogP contribution < -0.4 is 0 Å². The number of hydrogen-bond donors (Lipinski definition) is 1. The fourth-order valence-electron chi connectivity index (χ4n) is 3.53. The second-order valence-corrected chi connectivity index (χ2v) is 8.82. The van der Waals surface area contributed by atoms with Gasteiger partial charge >= 0.3 is 5.97 Å². The zero-order valence-electron chi connectivity index (χ0n) is 13.0. The van der Waals surface area contributed by atoms with Crippen molar-refractivity contribution < 1.29 is 9.90 Å². The minimum absolute atomic E-state index is 0.296.